The van der Waals surface area contributed by atoms with Gasteiger partial charge in [-0.3, -0.25) is 14.9 Å². The SMILES string of the molecule is Cc1ccc(CC(=O)N2CCN(c3ccc(C(F)(F)F)cc3[N+](=O)[O-])CC2)cc1. The molecule has 154 valence electrons. The minimum atomic E-state index is -4.65. The number of hydrogen-bond donors (Lipinski definition) is 0. The van der Waals surface area contributed by atoms with E-state index in [1.165, 1.54) is 0 Å². The van der Waals surface area contributed by atoms with E-state index in [1.54, 1.807) is 9.80 Å². The second-order valence-corrected chi connectivity index (χ2v) is 6.99. The lowest BCUT2D eigenvalue weighted by Crippen LogP contribution is -2.49. The van der Waals surface area contributed by atoms with Crippen LogP contribution in [0.25, 0.3) is 0 Å². The minimum absolute atomic E-state index is 0.0459. The van der Waals surface area contributed by atoms with Crippen LogP contribution in [0.2, 0.25) is 0 Å². The van der Waals surface area contributed by atoms with Crippen molar-refractivity contribution in [1.29, 1.82) is 0 Å². The number of alkyl halides is 3. The summed E-state index contributed by atoms with van der Waals surface area (Å²) in [7, 11) is 0. The van der Waals surface area contributed by atoms with Gasteiger partial charge in [-0.1, -0.05) is 29.8 Å². The molecule has 29 heavy (non-hydrogen) atoms. The second-order valence-electron chi connectivity index (χ2n) is 6.99. The van der Waals surface area contributed by atoms with Gasteiger partial charge in [-0.2, -0.15) is 13.2 Å². The van der Waals surface area contributed by atoms with Gasteiger partial charge >= 0.3 is 6.18 Å². The molecule has 0 atom stereocenters. The van der Waals surface area contributed by atoms with Gasteiger partial charge in [0.1, 0.15) is 5.69 Å². The van der Waals surface area contributed by atoms with Gasteiger partial charge in [-0.15, -0.1) is 0 Å². The molecule has 3 rings (SSSR count). The highest BCUT2D eigenvalue weighted by Crippen LogP contribution is 2.36. The highest BCUT2D eigenvalue weighted by Gasteiger charge is 2.34. The molecule has 9 heteroatoms. The summed E-state index contributed by atoms with van der Waals surface area (Å²) in [6, 6.07) is 10.2. The van der Waals surface area contributed by atoms with Crippen molar-refractivity contribution in [2.75, 3.05) is 31.1 Å². The summed E-state index contributed by atoms with van der Waals surface area (Å²) in [4.78, 5) is 26.3. The van der Waals surface area contributed by atoms with Crippen LogP contribution in [-0.4, -0.2) is 41.9 Å². The molecule has 0 spiro atoms. The van der Waals surface area contributed by atoms with E-state index in [1.807, 2.05) is 31.2 Å². The molecule has 1 aliphatic rings. The highest BCUT2D eigenvalue weighted by molar-refractivity contribution is 5.79. The summed E-state index contributed by atoms with van der Waals surface area (Å²) in [5.41, 5.74) is 0.502. The fraction of sp³-hybridized carbons (Fsp3) is 0.350. The molecule has 0 saturated carbocycles. The molecule has 1 heterocycles. The number of piperazine rings is 1. The van der Waals surface area contributed by atoms with Crippen LogP contribution in [0.3, 0.4) is 0 Å². The van der Waals surface area contributed by atoms with E-state index in [2.05, 4.69) is 0 Å². The number of rotatable bonds is 4. The van der Waals surface area contributed by atoms with Crippen LogP contribution >= 0.6 is 0 Å². The van der Waals surface area contributed by atoms with Crippen molar-refractivity contribution < 1.29 is 22.9 Å². The molecule has 1 fully saturated rings. The van der Waals surface area contributed by atoms with Gasteiger partial charge in [0.15, 0.2) is 0 Å². The van der Waals surface area contributed by atoms with E-state index < -0.39 is 22.4 Å². The number of nitrogens with zero attached hydrogens (tertiary/aromatic N) is 3. The third-order valence-corrected chi connectivity index (χ3v) is 4.95. The molecule has 0 aromatic heterocycles. The Kier molecular flexibility index (Phi) is 5.76. The minimum Gasteiger partial charge on any atom is -0.362 e. The monoisotopic (exact) mass is 407 g/mol. The van der Waals surface area contributed by atoms with Crippen LogP contribution in [0.5, 0.6) is 0 Å². The third-order valence-electron chi connectivity index (χ3n) is 4.95. The van der Waals surface area contributed by atoms with E-state index in [0.717, 1.165) is 23.3 Å². The zero-order valence-electron chi connectivity index (χ0n) is 15.8. The number of amides is 1. The maximum Gasteiger partial charge on any atom is 0.416 e. The van der Waals surface area contributed by atoms with Crippen LogP contribution in [0.1, 0.15) is 16.7 Å². The Bertz CT molecular complexity index is 905. The average Bonchev–Trinajstić information content (AvgIpc) is 2.68. The third kappa shape index (κ3) is 4.85. The number of halogens is 3. The Morgan fingerprint density at radius 2 is 1.69 bits per heavy atom. The molecule has 0 aliphatic carbocycles. The van der Waals surface area contributed by atoms with Crippen molar-refractivity contribution in [3.8, 4) is 0 Å². The number of nitro groups is 1. The Morgan fingerprint density at radius 1 is 1.07 bits per heavy atom. The topological polar surface area (TPSA) is 66.7 Å². The Labute approximate surface area is 165 Å². The normalized spacial score (nSPS) is 14.8. The molecule has 2 aromatic rings. The first-order chi connectivity index (χ1) is 13.6. The maximum absolute atomic E-state index is 12.9. The lowest BCUT2D eigenvalue weighted by atomic mass is 10.1. The van der Waals surface area contributed by atoms with Crippen molar-refractivity contribution in [1.82, 2.24) is 4.90 Å². The van der Waals surface area contributed by atoms with Crippen LogP contribution in [0.15, 0.2) is 42.5 Å². The Hall–Kier alpha value is -3.10. The number of carbonyl (C=O) groups is 1. The zero-order valence-corrected chi connectivity index (χ0v) is 15.8. The number of aryl methyl sites for hydroxylation is 1. The first-order valence-corrected chi connectivity index (χ1v) is 9.09. The predicted octanol–water partition coefficient (Wildman–Crippen LogP) is 3.81. The van der Waals surface area contributed by atoms with Gasteiger partial charge in [0.05, 0.1) is 16.9 Å². The number of anilines is 1. The smallest absolute Gasteiger partial charge is 0.362 e. The van der Waals surface area contributed by atoms with E-state index >= 15 is 0 Å². The summed E-state index contributed by atoms with van der Waals surface area (Å²) in [6.07, 6.45) is -4.38. The van der Waals surface area contributed by atoms with Crippen LogP contribution in [0, 0.1) is 17.0 Å². The first-order valence-electron chi connectivity index (χ1n) is 9.09. The van der Waals surface area contributed by atoms with Crippen molar-refractivity contribution in [2.45, 2.75) is 19.5 Å². The molecule has 6 nitrogen and oxygen atoms in total. The Balaban J connectivity index is 1.68. The predicted molar refractivity (Wildman–Crippen MR) is 102 cm³/mol. The van der Waals surface area contributed by atoms with Crippen LogP contribution in [-0.2, 0) is 17.4 Å². The summed E-state index contributed by atoms with van der Waals surface area (Å²) >= 11 is 0. The molecule has 0 radical (unpaired) electrons. The average molecular weight is 407 g/mol. The molecular weight excluding hydrogens is 387 g/mol. The van der Waals surface area contributed by atoms with Gasteiger partial charge in [-0.05, 0) is 24.6 Å². The molecular formula is C20H20F3N3O3. The van der Waals surface area contributed by atoms with Gasteiger partial charge in [-0.25, -0.2) is 0 Å². The lowest BCUT2D eigenvalue weighted by molar-refractivity contribution is -0.384. The van der Waals surface area contributed by atoms with Gasteiger partial charge in [0.2, 0.25) is 5.91 Å². The number of nitro benzene ring substituents is 1. The fourth-order valence-electron chi connectivity index (χ4n) is 3.30. The zero-order chi connectivity index (χ0) is 21.2. The standard InChI is InChI=1S/C20H20F3N3O3/c1-14-2-4-15(5-3-14)12-19(27)25-10-8-24(9-11-25)17-7-6-16(20(21,22)23)13-18(17)26(28)29/h2-7,13H,8-12H2,1H3. The second kappa shape index (κ2) is 8.10. The molecule has 1 saturated heterocycles. The molecule has 1 aliphatic heterocycles. The molecule has 0 N–H and O–H groups in total. The summed E-state index contributed by atoms with van der Waals surface area (Å²) < 4.78 is 38.6. The van der Waals surface area contributed by atoms with Gasteiger partial charge in [0.25, 0.3) is 5.69 Å². The largest absolute Gasteiger partial charge is 0.416 e. The van der Waals surface area contributed by atoms with Gasteiger partial charge < -0.3 is 9.80 Å². The first kappa shape index (κ1) is 20.6. The number of hydrogen-bond acceptors (Lipinski definition) is 4. The van der Waals surface area contributed by atoms with E-state index in [4.69, 9.17) is 0 Å². The molecule has 0 bridgehead atoms. The molecule has 1 amide bonds. The van der Waals surface area contributed by atoms with E-state index in [9.17, 15) is 28.1 Å². The summed E-state index contributed by atoms with van der Waals surface area (Å²) in [6.45, 7) is 3.29. The van der Waals surface area contributed by atoms with Gasteiger partial charge in [0, 0.05) is 32.2 Å². The summed E-state index contributed by atoms with van der Waals surface area (Å²) in [5, 5.41) is 11.3. The Morgan fingerprint density at radius 3 is 2.24 bits per heavy atom. The van der Waals surface area contributed by atoms with Crippen molar-refractivity contribution in [3.05, 3.63) is 69.3 Å². The molecule has 0 unspecified atom stereocenters. The van der Waals surface area contributed by atoms with Crippen LogP contribution < -0.4 is 4.90 Å². The van der Waals surface area contributed by atoms with E-state index in [-0.39, 0.29) is 18.0 Å². The molecule has 2 aromatic carbocycles. The van der Waals surface area contributed by atoms with E-state index in [0.29, 0.717) is 32.2 Å². The van der Waals surface area contributed by atoms with Crippen molar-refractivity contribution in [3.63, 3.8) is 0 Å². The van der Waals surface area contributed by atoms with Crippen molar-refractivity contribution in [2.24, 2.45) is 0 Å². The maximum atomic E-state index is 12.9. The van der Waals surface area contributed by atoms with Crippen LogP contribution in [0.4, 0.5) is 24.5 Å². The number of benzene rings is 2. The number of carbonyl (C=O) groups excluding carboxylic acids is 1. The fourth-order valence-corrected chi connectivity index (χ4v) is 3.30. The summed E-state index contributed by atoms with van der Waals surface area (Å²) in [5.74, 6) is -0.0459. The highest BCUT2D eigenvalue weighted by atomic mass is 19.4. The van der Waals surface area contributed by atoms with Crippen molar-refractivity contribution >= 4 is 17.3 Å². The quantitative estimate of drug-likeness (QED) is 0.571. The lowest BCUT2D eigenvalue weighted by Gasteiger charge is -2.36.